The molecule has 2 atom stereocenters. The van der Waals surface area contributed by atoms with E-state index in [1.165, 1.54) is 5.38 Å². The molecule has 0 aliphatic carbocycles. The van der Waals surface area contributed by atoms with Crippen molar-refractivity contribution in [3.05, 3.63) is 16.1 Å². The fourth-order valence-electron chi connectivity index (χ4n) is 1.78. The number of ether oxygens (including phenoxy) is 1. The second-order valence-electron chi connectivity index (χ2n) is 4.29. The third-order valence-corrected chi connectivity index (χ3v) is 3.61. The van der Waals surface area contributed by atoms with Gasteiger partial charge in [0, 0.05) is 11.9 Å². The van der Waals surface area contributed by atoms with Crippen molar-refractivity contribution in [2.24, 2.45) is 0 Å². The first kappa shape index (κ1) is 13.0. The van der Waals surface area contributed by atoms with Gasteiger partial charge < -0.3 is 14.7 Å². The molecule has 1 aromatic heterocycles. The zero-order valence-corrected chi connectivity index (χ0v) is 10.9. The van der Waals surface area contributed by atoms with Gasteiger partial charge >= 0.3 is 5.97 Å². The Morgan fingerprint density at radius 2 is 2.28 bits per heavy atom. The average molecular weight is 270 g/mol. The van der Waals surface area contributed by atoms with E-state index in [-0.39, 0.29) is 28.8 Å². The lowest BCUT2D eigenvalue weighted by molar-refractivity contribution is -0.0387. The van der Waals surface area contributed by atoms with Crippen molar-refractivity contribution >= 4 is 23.2 Å². The molecule has 1 aliphatic heterocycles. The van der Waals surface area contributed by atoms with E-state index in [4.69, 9.17) is 9.84 Å². The lowest BCUT2D eigenvalue weighted by atomic mass is 10.2. The van der Waals surface area contributed by atoms with Crippen LogP contribution in [-0.4, -0.2) is 52.2 Å². The molecule has 0 saturated carbocycles. The summed E-state index contributed by atoms with van der Waals surface area (Å²) in [7, 11) is 0. The van der Waals surface area contributed by atoms with Crippen LogP contribution >= 0.6 is 11.3 Å². The topological polar surface area (TPSA) is 79.7 Å². The Labute approximate surface area is 108 Å². The number of nitrogens with zero attached hydrogens (tertiary/aromatic N) is 2. The molecule has 0 spiro atoms. The molecule has 1 fully saturated rings. The Kier molecular flexibility index (Phi) is 3.63. The smallest absolute Gasteiger partial charge is 0.355 e. The molecule has 1 aliphatic rings. The minimum Gasteiger partial charge on any atom is -0.476 e. The van der Waals surface area contributed by atoms with Gasteiger partial charge in [0.1, 0.15) is 0 Å². The molecule has 0 radical (unpaired) electrons. The first-order chi connectivity index (χ1) is 8.49. The molecule has 1 saturated heterocycles. The lowest BCUT2D eigenvalue weighted by Crippen LogP contribution is -2.50. The highest BCUT2D eigenvalue weighted by atomic mass is 32.1. The van der Waals surface area contributed by atoms with Crippen molar-refractivity contribution in [3.63, 3.8) is 0 Å². The predicted octanol–water partition coefficient (Wildman–Crippen LogP) is 1.09. The minimum atomic E-state index is -1.12. The predicted molar refractivity (Wildman–Crippen MR) is 65.0 cm³/mol. The Balaban J connectivity index is 2.16. The van der Waals surface area contributed by atoms with Crippen molar-refractivity contribution < 1.29 is 19.4 Å². The van der Waals surface area contributed by atoms with E-state index in [1.807, 2.05) is 13.8 Å². The number of carboxylic acid groups (broad SMARTS) is 1. The number of amides is 1. The van der Waals surface area contributed by atoms with Gasteiger partial charge in [0.2, 0.25) is 0 Å². The van der Waals surface area contributed by atoms with Crippen LogP contribution in [0, 0.1) is 0 Å². The van der Waals surface area contributed by atoms with Crippen LogP contribution in [0.25, 0.3) is 0 Å². The summed E-state index contributed by atoms with van der Waals surface area (Å²) in [5, 5.41) is 10.4. The van der Waals surface area contributed by atoms with E-state index >= 15 is 0 Å². The van der Waals surface area contributed by atoms with Gasteiger partial charge in [-0.15, -0.1) is 11.3 Å². The second kappa shape index (κ2) is 5.03. The van der Waals surface area contributed by atoms with Gasteiger partial charge in [-0.3, -0.25) is 4.79 Å². The normalized spacial score (nSPS) is 24.0. The Morgan fingerprint density at radius 1 is 1.56 bits per heavy atom. The summed E-state index contributed by atoms with van der Waals surface area (Å²) in [6.45, 7) is 4.79. The van der Waals surface area contributed by atoms with Gasteiger partial charge in [0.05, 0.1) is 18.8 Å². The van der Waals surface area contributed by atoms with Gasteiger partial charge in [0.15, 0.2) is 10.7 Å². The van der Waals surface area contributed by atoms with E-state index in [0.717, 1.165) is 11.3 Å². The maximum atomic E-state index is 12.2. The summed E-state index contributed by atoms with van der Waals surface area (Å²) in [6.07, 6.45) is -0.0101. The number of carbonyl (C=O) groups is 2. The van der Waals surface area contributed by atoms with E-state index in [2.05, 4.69) is 4.98 Å². The van der Waals surface area contributed by atoms with E-state index in [9.17, 15) is 9.59 Å². The zero-order valence-electron chi connectivity index (χ0n) is 10.1. The van der Waals surface area contributed by atoms with Crippen LogP contribution in [0.4, 0.5) is 0 Å². The van der Waals surface area contributed by atoms with Gasteiger partial charge in [0.25, 0.3) is 5.91 Å². The fraction of sp³-hybridized carbons (Fsp3) is 0.545. The molecule has 1 aromatic rings. The lowest BCUT2D eigenvalue weighted by Gasteiger charge is -2.36. The monoisotopic (exact) mass is 270 g/mol. The summed E-state index contributed by atoms with van der Waals surface area (Å²) in [4.78, 5) is 28.5. The summed E-state index contributed by atoms with van der Waals surface area (Å²) in [6, 6.07) is -0.0223. The summed E-state index contributed by atoms with van der Waals surface area (Å²) in [5.74, 6) is -1.34. The van der Waals surface area contributed by atoms with Gasteiger partial charge in [-0.1, -0.05) is 0 Å². The quantitative estimate of drug-likeness (QED) is 0.870. The average Bonchev–Trinajstić information content (AvgIpc) is 2.81. The number of hydrogen-bond donors (Lipinski definition) is 1. The van der Waals surface area contributed by atoms with Crippen molar-refractivity contribution in [3.8, 4) is 0 Å². The Bertz CT molecular complexity index is 473. The number of thiazole rings is 1. The first-order valence-corrected chi connectivity index (χ1v) is 6.48. The van der Waals surface area contributed by atoms with Gasteiger partial charge in [-0.2, -0.15) is 0 Å². The van der Waals surface area contributed by atoms with Crippen molar-refractivity contribution in [2.45, 2.75) is 26.0 Å². The Morgan fingerprint density at radius 3 is 2.89 bits per heavy atom. The molecule has 2 heterocycles. The number of carboxylic acids is 1. The third-order valence-electron chi connectivity index (χ3n) is 2.77. The highest BCUT2D eigenvalue weighted by Gasteiger charge is 2.30. The Hall–Kier alpha value is -1.47. The van der Waals surface area contributed by atoms with Crippen molar-refractivity contribution in [1.29, 1.82) is 0 Å². The summed E-state index contributed by atoms with van der Waals surface area (Å²) >= 11 is 1.06. The van der Waals surface area contributed by atoms with Gasteiger partial charge in [-0.05, 0) is 13.8 Å². The number of carbonyl (C=O) groups excluding carboxylic acids is 1. The molecular weight excluding hydrogens is 256 g/mol. The van der Waals surface area contributed by atoms with Crippen LogP contribution in [-0.2, 0) is 4.74 Å². The van der Waals surface area contributed by atoms with Crippen LogP contribution in [0.5, 0.6) is 0 Å². The second-order valence-corrected chi connectivity index (χ2v) is 5.15. The van der Waals surface area contributed by atoms with Crippen LogP contribution in [0.15, 0.2) is 5.38 Å². The first-order valence-electron chi connectivity index (χ1n) is 5.60. The highest BCUT2D eigenvalue weighted by Crippen LogP contribution is 2.18. The SMILES string of the molecule is CC1CN(C(=O)c2nc(C(=O)O)cs2)C(C)CO1. The van der Waals surface area contributed by atoms with Crippen LogP contribution in [0.3, 0.4) is 0 Å². The number of aromatic nitrogens is 1. The van der Waals surface area contributed by atoms with E-state index in [0.29, 0.717) is 13.2 Å². The number of rotatable bonds is 2. The maximum absolute atomic E-state index is 12.2. The molecule has 1 amide bonds. The molecule has 7 heteroatoms. The zero-order chi connectivity index (χ0) is 13.3. The largest absolute Gasteiger partial charge is 0.476 e. The molecule has 2 unspecified atom stereocenters. The summed E-state index contributed by atoms with van der Waals surface area (Å²) < 4.78 is 5.44. The fourth-order valence-corrected chi connectivity index (χ4v) is 2.53. The molecule has 98 valence electrons. The number of aromatic carboxylic acids is 1. The van der Waals surface area contributed by atoms with Crippen molar-refractivity contribution in [1.82, 2.24) is 9.88 Å². The molecule has 6 nitrogen and oxygen atoms in total. The number of hydrogen-bond acceptors (Lipinski definition) is 5. The van der Waals surface area contributed by atoms with Crippen molar-refractivity contribution in [2.75, 3.05) is 13.2 Å². The third kappa shape index (κ3) is 2.51. The minimum absolute atomic E-state index is 0.0101. The van der Waals surface area contributed by atoms with E-state index in [1.54, 1.807) is 4.90 Å². The molecule has 0 bridgehead atoms. The molecular formula is C11H14N2O4S. The molecule has 0 aromatic carbocycles. The molecule has 2 rings (SSSR count). The van der Waals surface area contributed by atoms with Crippen LogP contribution in [0.1, 0.15) is 34.1 Å². The number of morpholine rings is 1. The standard InChI is InChI=1S/C11H14N2O4S/c1-6-4-17-7(2)3-13(6)10(14)9-12-8(5-18-9)11(15)16/h5-7H,3-4H2,1-2H3,(H,15,16). The molecule has 18 heavy (non-hydrogen) atoms. The van der Waals surface area contributed by atoms with Crippen LogP contribution < -0.4 is 0 Å². The maximum Gasteiger partial charge on any atom is 0.355 e. The highest BCUT2D eigenvalue weighted by molar-refractivity contribution is 7.11. The molecule has 1 N–H and O–H groups in total. The van der Waals surface area contributed by atoms with Gasteiger partial charge in [-0.25, -0.2) is 9.78 Å². The van der Waals surface area contributed by atoms with Crippen LogP contribution in [0.2, 0.25) is 0 Å². The van der Waals surface area contributed by atoms with E-state index < -0.39 is 5.97 Å². The summed E-state index contributed by atoms with van der Waals surface area (Å²) in [5.41, 5.74) is -0.0858.